The Morgan fingerprint density at radius 1 is 0.960 bits per heavy atom. The largest absolute Gasteiger partial charge is 0.497 e. The Labute approximate surface area is 296 Å². The lowest BCUT2D eigenvalue weighted by atomic mass is 9.81. The molecule has 1 aliphatic heterocycles. The molecule has 1 amide bonds. The molecule has 7 nitrogen and oxygen atoms in total. The van der Waals surface area contributed by atoms with E-state index in [-0.39, 0.29) is 11.9 Å². The number of nitrogens with zero attached hydrogens (tertiary/aromatic N) is 2. The van der Waals surface area contributed by atoms with E-state index >= 15 is 0 Å². The number of hydrogen-bond donors (Lipinski definition) is 1. The molecule has 0 saturated heterocycles. The number of carbonyl (C=O) groups is 1. The molecule has 1 saturated carbocycles. The molecule has 2 aliphatic rings. The lowest BCUT2D eigenvalue weighted by Crippen LogP contribution is -2.30. The Hall–Kier alpha value is -5.08. The van der Waals surface area contributed by atoms with Gasteiger partial charge in [0.2, 0.25) is 0 Å². The highest BCUT2D eigenvalue weighted by Crippen LogP contribution is 2.47. The van der Waals surface area contributed by atoms with Crippen LogP contribution < -0.4 is 19.5 Å². The molecule has 1 N–H and O–H groups in total. The fraction of sp³-hybridized carbons (Fsp3) is 0.286. The number of amides is 1. The van der Waals surface area contributed by atoms with Crippen molar-refractivity contribution < 1.29 is 19.0 Å². The molecular formula is C42H41N3O4S. The van der Waals surface area contributed by atoms with Crippen molar-refractivity contribution in [3.8, 4) is 28.5 Å². The van der Waals surface area contributed by atoms with Gasteiger partial charge in [-0.2, -0.15) is 0 Å². The molecule has 1 fully saturated rings. The highest BCUT2D eigenvalue weighted by molar-refractivity contribution is 7.09. The fourth-order valence-electron chi connectivity index (χ4n) is 7.58. The second kappa shape index (κ2) is 14.4. The Morgan fingerprint density at radius 3 is 2.56 bits per heavy atom. The summed E-state index contributed by atoms with van der Waals surface area (Å²) < 4.78 is 20.2. The van der Waals surface area contributed by atoms with Crippen LogP contribution in [-0.2, 0) is 19.6 Å². The molecule has 1 atom stereocenters. The highest BCUT2D eigenvalue weighted by Gasteiger charge is 2.30. The van der Waals surface area contributed by atoms with Gasteiger partial charge in [0.05, 0.1) is 25.4 Å². The van der Waals surface area contributed by atoms with Crippen LogP contribution in [0.3, 0.4) is 0 Å². The topological polar surface area (TPSA) is 74.6 Å². The molecule has 8 rings (SSSR count). The van der Waals surface area contributed by atoms with Crippen molar-refractivity contribution in [1.29, 1.82) is 0 Å². The van der Waals surface area contributed by atoms with Gasteiger partial charge < -0.3 is 24.1 Å². The van der Waals surface area contributed by atoms with Crippen molar-refractivity contribution in [3.63, 3.8) is 0 Å². The standard InChI is InChI=1S/C42H41N3O4S/c1-47-33-17-19-35-38(26-33)48-22-21-45-37-25-31(14-18-34(37)39(40(35)45)30-10-6-3-7-11-30)41(46)44-36(42-43-20-23-50-42)24-28-12-15-32(16-13-28)49-27-29-8-4-2-5-9-29/h2,4-5,8-9,12-20,23,25-26,30,36H,3,6-7,10-11,21-22,24,27H2,1H3,(H,44,46)/t36-/m0/s1. The van der Waals surface area contributed by atoms with Crippen molar-refractivity contribution in [2.45, 2.75) is 63.6 Å². The summed E-state index contributed by atoms with van der Waals surface area (Å²) in [5.74, 6) is 2.81. The predicted octanol–water partition coefficient (Wildman–Crippen LogP) is 9.51. The first-order valence-corrected chi connectivity index (χ1v) is 18.5. The molecule has 0 bridgehead atoms. The molecule has 8 heteroatoms. The molecule has 0 unspecified atom stereocenters. The summed E-state index contributed by atoms with van der Waals surface area (Å²) in [6.07, 6.45) is 8.54. The third kappa shape index (κ3) is 6.60. The van der Waals surface area contributed by atoms with Crippen molar-refractivity contribution >= 4 is 28.1 Å². The molecule has 2 aromatic heterocycles. The first kappa shape index (κ1) is 32.1. The number of carbonyl (C=O) groups excluding carboxylic acids is 1. The maximum Gasteiger partial charge on any atom is 0.251 e. The highest BCUT2D eigenvalue weighted by atomic mass is 32.1. The van der Waals surface area contributed by atoms with Gasteiger partial charge in [-0.15, -0.1) is 11.3 Å². The maximum absolute atomic E-state index is 14.1. The van der Waals surface area contributed by atoms with Gasteiger partial charge in [0.25, 0.3) is 5.91 Å². The average molecular weight is 684 g/mol. The minimum absolute atomic E-state index is 0.111. The van der Waals surface area contributed by atoms with Crippen LogP contribution in [-0.4, -0.2) is 29.2 Å². The summed E-state index contributed by atoms with van der Waals surface area (Å²) >= 11 is 1.56. The van der Waals surface area contributed by atoms with E-state index in [4.69, 9.17) is 14.2 Å². The number of aromatic nitrogens is 2. The fourth-order valence-corrected chi connectivity index (χ4v) is 8.27. The van der Waals surface area contributed by atoms with Crippen LogP contribution in [0.4, 0.5) is 0 Å². The Morgan fingerprint density at radius 2 is 1.78 bits per heavy atom. The van der Waals surface area contributed by atoms with Crippen LogP contribution >= 0.6 is 11.3 Å². The zero-order chi connectivity index (χ0) is 33.9. The molecule has 1 aliphatic carbocycles. The van der Waals surface area contributed by atoms with E-state index in [2.05, 4.69) is 57.3 Å². The maximum atomic E-state index is 14.1. The Balaban J connectivity index is 1.08. The normalized spacial score (nSPS) is 15.0. The van der Waals surface area contributed by atoms with Crippen molar-refractivity contribution in [2.75, 3.05) is 13.7 Å². The van der Waals surface area contributed by atoms with Crippen LogP contribution in [0.25, 0.3) is 22.2 Å². The van der Waals surface area contributed by atoms with E-state index in [1.165, 1.54) is 48.7 Å². The monoisotopic (exact) mass is 683 g/mol. The Kier molecular flexibility index (Phi) is 9.27. The van der Waals surface area contributed by atoms with Gasteiger partial charge in [0.1, 0.15) is 35.5 Å². The average Bonchev–Trinajstić information content (AvgIpc) is 3.77. The Bertz CT molecular complexity index is 2080. The first-order chi connectivity index (χ1) is 24.6. The van der Waals surface area contributed by atoms with Crippen LogP contribution in [0.5, 0.6) is 17.2 Å². The van der Waals surface area contributed by atoms with E-state index in [9.17, 15) is 4.79 Å². The van der Waals surface area contributed by atoms with Gasteiger partial charge in [-0.3, -0.25) is 4.79 Å². The predicted molar refractivity (Wildman–Crippen MR) is 198 cm³/mol. The van der Waals surface area contributed by atoms with Crippen LogP contribution in [0.1, 0.15) is 76.1 Å². The number of benzene rings is 4. The van der Waals surface area contributed by atoms with Crippen molar-refractivity contribution in [3.05, 3.63) is 130 Å². The van der Waals surface area contributed by atoms with E-state index in [1.54, 1.807) is 24.6 Å². The zero-order valence-electron chi connectivity index (χ0n) is 28.3. The van der Waals surface area contributed by atoms with Gasteiger partial charge >= 0.3 is 0 Å². The first-order valence-electron chi connectivity index (χ1n) is 17.6. The van der Waals surface area contributed by atoms with Crippen LogP contribution in [0, 0.1) is 0 Å². The summed E-state index contributed by atoms with van der Waals surface area (Å²) in [7, 11) is 1.69. The lowest BCUT2D eigenvalue weighted by molar-refractivity contribution is 0.0936. The zero-order valence-corrected chi connectivity index (χ0v) is 29.1. The summed E-state index contributed by atoms with van der Waals surface area (Å²) in [4.78, 5) is 18.7. The quantitative estimate of drug-likeness (QED) is 0.156. The smallest absolute Gasteiger partial charge is 0.251 e. The third-order valence-corrected chi connectivity index (χ3v) is 11.0. The van der Waals surface area contributed by atoms with Gasteiger partial charge in [-0.05, 0) is 78.3 Å². The number of fused-ring (bicyclic) bond motifs is 5. The summed E-state index contributed by atoms with van der Waals surface area (Å²) in [5, 5.41) is 7.40. The molecule has 3 heterocycles. The van der Waals surface area contributed by atoms with Gasteiger partial charge in [0.15, 0.2) is 0 Å². The van der Waals surface area contributed by atoms with Crippen molar-refractivity contribution in [1.82, 2.24) is 14.9 Å². The molecule has 50 heavy (non-hydrogen) atoms. The minimum atomic E-state index is -0.272. The van der Waals surface area contributed by atoms with E-state index < -0.39 is 0 Å². The second-order valence-corrected chi connectivity index (χ2v) is 14.1. The summed E-state index contributed by atoms with van der Waals surface area (Å²) in [6.45, 7) is 1.76. The van der Waals surface area contributed by atoms with E-state index in [0.29, 0.717) is 37.7 Å². The number of thiazole rings is 1. The number of hydrogen-bond acceptors (Lipinski definition) is 6. The molecule has 0 radical (unpaired) electrons. The van der Waals surface area contributed by atoms with Gasteiger partial charge in [-0.25, -0.2) is 4.98 Å². The molecule has 4 aromatic carbocycles. The number of ether oxygens (including phenoxy) is 3. The van der Waals surface area contributed by atoms with Crippen LogP contribution in [0.2, 0.25) is 0 Å². The van der Waals surface area contributed by atoms with Gasteiger partial charge in [-0.1, -0.05) is 67.8 Å². The summed E-state index contributed by atoms with van der Waals surface area (Å²) in [6, 6.07) is 30.4. The molecule has 6 aromatic rings. The number of rotatable bonds is 10. The minimum Gasteiger partial charge on any atom is -0.497 e. The number of methoxy groups -OCH3 is 1. The lowest BCUT2D eigenvalue weighted by Gasteiger charge is -2.23. The van der Waals surface area contributed by atoms with E-state index in [1.807, 2.05) is 53.9 Å². The SMILES string of the molecule is COc1ccc2c(c1)OCCn1c-2c(C2CCCCC2)c2ccc(C(=O)N[C@@H](Cc3ccc(OCc4ccccc4)cc3)c3nccs3)cc21. The third-order valence-electron chi connectivity index (χ3n) is 10.1. The molecular weight excluding hydrogens is 643 g/mol. The van der Waals surface area contributed by atoms with Crippen molar-refractivity contribution in [2.24, 2.45) is 0 Å². The van der Waals surface area contributed by atoms with E-state index in [0.717, 1.165) is 44.5 Å². The molecule has 254 valence electrons. The number of nitrogens with one attached hydrogen (secondary N) is 1. The van der Waals surface area contributed by atoms with Gasteiger partial charge in [0, 0.05) is 39.7 Å². The van der Waals surface area contributed by atoms with Crippen LogP contribution in [0.15, 0.2) is 103 Å². The summed E-state index contributed by atoms with van der Waals surface area (Å²) in [5.41, 5.74) is 7.64. The second-order valence-electron chi connectivity index (χ2n) is 13.2. The molecule has 0 spiro atoms.